The van der Waals surface area contributed by atoms with Gasteiger partial charge in [0.05, 0.1) is 0 Å². The molecule has 184 valence electrons. The molecular weight excluding hydrogens is 416 g/mol. The molecule has 0 spiro atoms. The number of hydrogen-bond acceptors (Lipinski definition) is 5. The standard InChI is InChI=1S/C28H42O5/c1-4-5-6-7-8-9-18-27(32-23(2)30)19-11-10-15-25-16-14-17-26(22-25)28(33-24(3)31)20-12-13-21-29/h10-11,14-17,19,22,27-29H,4-9,12-13,18,20-21H2,1-3H3. The Hall–Kier alpha value is -2.40. The first kappa shape index (κ1) is 28.6. The summed E-state index contributed by atoms with van der Waals surface area (Å²) in [6.45, 7) is 5.21. The van der Waals surface area contributed by atoms with Gasteiger partial charge in [0, 0.05) is 20.5 Å². The Morgan fingerprint density at radius 2 is 1.61 bits per heavy atom. The monoisotopic (exact) mass is 458 g/mol. The molecule has 33 heavy (non-hydrogen) atoms. The van der Waals surface area contributed by atoms with E-state index in [1.165, 1.54) is 39.5 Å². The lowest BCUT2D eigenvalue weighted by atomic mass is 10.0. The Labute approximate surface area is 199 Å². The number of hydrogen-bond donors (Lipinski definition) is 1. The van der Waals surface area contributed by atoms with Crippen molar-refractivity contribution in [1.29, 1.82) is 0 Å². The second kappa shape index (κ2) is 18.1. The molecule has 0 aliphatic heterocycles. The number of unbranched alkanes of at least 4 members (excludes halogenated alkanes) is 6. The maximum atomic E-state index is 11.5. The Balaban J connectivity index is 2.69. The highest BCUT2D eigenvalue weighted by Crippen LogP contribution is 2.25. The van der Waals surface area contributed by atoms with Gasteiger partial charge >= 0.3 is 11.9 Å². The molecule has 2 unspecified atom stereocenters. The van der Waals surface area contributed by atoms with E-state index >= 15 is 0 Å². The molecule has 0 amide bonds. The van der Waals surface area contributed by atoms with Gasteiger partial charge < -0.3 is 14.6 Å². The Kier molecular flexibility index (Phi) is 15.7. The second-order valence-corrected chi connectivity index (χ2v) is 8.44. The minimum atomic E-state index is -0.316. The Bertz CT molecular complexity index is 738. The van der Waals surface area contributed by atoms with Gasteiger partial charge in [-0.15, -0.1) is 0 Å². The van der Waals surface area contributed by atoms with Gasteiger partial charge in [0.15, 0.2) is 0 Å². The van der Waals surface area contributed by atoms with Crippen molar-refractivity contribution in [2.24, 2.45) is 0 Å². The number of aliphatic hydroxyl groups excluding tert-OH is 1. The van der Waals surface area contributed by atoms with Crippen LogP contribution in [0, 0.1) is 0 Å². The first-order valence-electron chi connectivity index (χ1n) is 12.4. The molecule has 0 heterocycles. The fourth-order valence-corrected chi connectivity index (χ4v) is 3.69. The van der Waals surface area contributed by atoms with E-state index in [2.05, 4.69) is 6.92 Å². The van der Waals surface area contributed by atoms with Gasteiger partial charge in [-0.25, -0.2) is 0 Å². The first-order valence-corrected chi connectivity index (χ1v) is 12.4. The summed E-state index contributed by atoms with van der Waals surface area (Å²) in [4.78, 5) is 22.9. The average Bonchev–Trinajstić information content (AvgIpc) is 2.78. The van der Waals surface area contributed by atoms with Gasteiger partial charge in [0.25, 0.3) is 0 Å². The molecule has 5 heteroatoms. The first-order chi connectivity index (χ1) is 16.0. The maximum Gasteiger partial charge on any atom is 0.303 e. The van der Waals surface area contributed by atoms with E-state index in [9.17, 15) is 9.59 Å². The van der Waals surface area contributed by atoms with Crippen LogP contribution in [0.25, 0.3) is 6.08 Å². The van der Waals surface area contributed by atoms with Gasteiger partial charge in [-0.3, -0.25) is 9.59 Å². The zero-order chi connectivity index (χ0) is 24.3. The molecule has 0 saturated heterocycles. The van der Waals surface area contributed by atoms with Crippen molar-refractivity contribution in [2.45, 2.75) is 97.2 Å². The minimum Gasteiger partial charge on any atom is -0.458 e. The van der Waals surface area contributed by atoms with Crippen LogP contribution in [-0.2, 0) is 19.1 Å². The van der Waals surface area contributed by atoms with Crippen LogP contribution in [0.15, 0.2) is 42.5 Å². The van der Waals surface area contributed by atoms with Crippen molar-refractivity contribution in [3.05, 3.63) is 53.6 Å². The molecule has 1 N–H and O–H groups in total. The molecule has 0 aliphatic rings. The third-order valence-corrected chi connectivity index (χ3v) is 5.35. The topological polar surface area (TPSA) is 72.8 Å². The summed E-state index contributed by atoms with van der Waals surface area (Å²) < 4.78 is 10.9. The number of rotatable bonds is 17. The predicted molar refractivity (Wildman–Crippen MR) is 134 cm³/mol. The third-order valence-electron chi connectivity index (χ3n) is 5.35. The minimum absolute atomic E-state index is 0.134. The molecular formula is C28H42O5. The van der Waals surface area contributed by atoms with Crippen LogP contribution in [0.2, 0.25) is 0 Å². The summed E-state index contributed by atoms with van der Waals surface area (Å²) in [5.74, 6) is -0.570. The molecule has 1 rings (SSSR count). The van der Waals surface area contributed by atoms with Gasteiger partial charge in [-0.1, -0.05) is 75.5 Å². The highest BCUT2D eigenvalue weighted by atomic mass is 16.5. The number of ether oxygens (including phenoxy) is 2. The number of carbonyl (C=O) groups excluding carboxylic acids is 2. The van der Waals surface area contributed by atoms with Crippen LogP contribution in [0.5, 0.6) is 0 Å². The molecule has 5 nitrogen and oxygen atoms in total. The summed E-state index contributed by atoms with van der Waals surface area (Å²) in [5, 5.41) is 9.02. The number of esters is 2. The number of carbonyl (C=O) groups is 2. The van der Waals surface area contributed by atoms with E-state index in [0.717, 1.165) is 36.8 Å². The second-order valence-electron chi connectivity index (χ2n) is 8.44. The van der Waals surface area contributed by atoms with Crippen LogP contribution in [0.4, 0.5) is 0 Å². The lowest BCUT2D eigenvalue weighted by Crippen LogP contribution is -2.13. The zero-order valence-electron chi connectivity index (χ0n) is 20.6. The van der Waals surface area contributed by atoms with Gasteiger partial charge in [-0.05, 0) is 55.4 Å². The van der Waals surface area contributed by atoms with E-state index in [4.69, 9.17) is 14.6 Å². The van der Waals surface area contributed by atoms with E-state index in [-0.39, 0.29) is 30.8 Å². The molecule has 1 aromatic carbocycles. The van der Waals surface area contributed by atoms with Crippen molar-refractivity contribution in [3.63, 3.8) is 0 Å². The fourth-order valence-electron chi connectivity index (χ4n) is 3.69. The Morgan fingerprint density at radius 3 is 2.30 bits per heavy atom. The van der Waals surface area contributed by atoms with E-state index in [1.54, 1.807) is 0 Å². The van der Waals surface area contributed by atoms with E-state index in [1.807, 2.05) is 48.6 Å². The number of benzene rings is 1. The lowest BCUT2D eigenvalue weighted by molar-refractivity contribution is -0.147. The largest absolute Gasteiger partial charge is 0.458 e. The molecule has 0 fully saturated rings. The molecule has 0 bridgehead atoms. The van der Waals surface area contributed by atoms with Gasteiger partial charge in [0.2, 0.25) is 0 Å². The molecule has 0 radical (unpaired) electrons. The van der Waals surface area contributed by atoms with Crippen molar-refractivity contribution < 1.29 is 24.2 Å². The summed E-state index contributed by atoms with van der Waals surface area (Å²) >= 11 is 0. The van der Waals surface area contributed by atoms with Crippen molar-refractivity contribution in [2.75, 3.05) is 6.61 Å². The smallest absolute Gasteiger partial charge is 0.303 e. The predicted octanol–water partition coefficient (Wildman–Crippen LogP) is 6.71. The maximum absolute atomic E-state index is 11.5. The SMILES string of the molecule is CCCCCCCCC(C=CC=Cc1cccc(C(CCCCO)OC(C)=O)c1)OC(C)=O. The Morgan fingerprint density at radius 1 is 0.909 bits per heavy atom. The van der Waals surface area contributed by atoms with Gasteiger partial charge in [0.1, 0.15) is 12.2 Å². The zero-order valence-corrected chi connectivity index (χ0v) is 20.6. The van der Waals surface area contributed by atoms with Crippen LogP contribution >= 0.6 is 0 Å². The average molecular weight is 459 g/mol. The molecule has 0 saturated carbocycles. The summed E-state index contributed by atoms with van der Waals surface area (Å²) in [6.07, 6.45) is 17.5. The highest BCUT2D eigenvalue weighted by Gasteiger charge is 2.14. The van der Waals surface area contributed by atoms with Crippen LogP contribution in [0.3, 0.4) is 0 Å². The summed E-state index contributed by atoms with van der Waals surface area (Å²) in [7, 11) is 0. The van der Waals surface area contributed by atoms with E-state index < -0.39 is 0 Å². The number of aliphatic hydroxyl groups is 1. The summed E-state index contributed by atoms with van der Waals surface area (Å²) in [6, 6.07) is 7.90. The fraction of sp³-hybridized carbons (Fsp3) is 0.571. The highest BCUT2D eigenvalue weighted by molar-refractivity contribution is 5.66. The normalized spacial score (nSPS) is 13.3. The third kappa shape index (κ3) is 14.4. The quantitative estimate of drug-likeness (QED) is 0.160. The van der Waals surface area contributed by atoms with Crippen LogP contribution in [0.1, 0.15) is 102 Å². The molecule has 1 aromatic rings. The lowest BCUT2D eigenvalue weighted by Gasteiger charge is -2.17. The van der Waals surface area contributed by atoms with Gasteiger partial charge in [-0.2, -0.15) is 0 Å². The molecule has 2 atom stereocenters. The molecule has 0 aromatic heterocycles. The number of allylic oxidation sites excluding steroid dienone is 2. The van der Waals surface area contributed by atoms with Crippen molar-refractivity contribution >= 4 is 18.0 Å². The van der Waals surface area contributed by atoms with Crippen LogP contribution in [-0.4, -0.2) is 29.8 Å². The summed E-state index contributed by atoms with van der Waals surface area (Å²) in [5.41, 5.74) is 1.94. The molecule has 0 aliphatic carbocycles. The van der Waals surface area contributed by atoms with E-state index in [0.29, 0.717) is 12.8 Å². The van der Waals surface area contributed by atoms with Crippen LogP contribution < -0.4 is 0 Å². The van der Waals surface area contributed by atoms with Crippen molar-refractivity contribution in [3.8, 4) is 0 Å². The van der Waals surface area contributed by atoms with Crippen molar-refractivity contribution in [1.82, 2.24) is 0 Å².